The van der Waals surface area contributed by atoms with Gasteiger partial charge in [0.1, 0.15) is 0 Å². The number of nitrogens with one attached hydrogen (secondary N) is 2. The molecule has 0 aromatic rings. The fourth-order valence-electron chi connectivity index (χ4n) is 2.63. The summed E-state index contributed by atoms with van der Waals surface area (Å²) in [6.07, 6.45) is 5.61. The number of thioether (sulfide) groups is 1. The molecule has 0 spiro atoms. The van der Waals surface area contributed by atoms with Crippen LogP contribution in [0.4, 0.5) is 0 Å². The van der Waals surface area contributed by atoms with Gasteiger partial charge >= 0.3 is 0 Å². The van der Waals surface area contributed by atoms with Crippen LogP contribution in [0.15, 0.2) is 0 Å². The van der Waals surface area contributed by atoms with Gasteiger partial charge in [-0.05, 0) is 62.1 Å². The van der Waals surface area contributed by atoms with Crippen molar-refractivity contribution in [1.29, 1.82) is 0 Å². The largest absolute Gasteiger partial charge is 0.356 e. The Balaban J connectivity index is 1.59. The van der Waals surface area contributed by atoms with Crippen LogP contribution in [0.3, 0.4) is 0 Å². The van der Waals surface area contributed by atoms with E-state index in [1.165, 1.54) is 24.3 Å². The van der Waals surface area contributed by atoms with Gasteiger partial charge in [0.05, 0.1) is 0 Å². The lowest BCUT2D eigenvalue weighted by Crippen LogP contribution is -2.34. The number of carbonyl (C=O) groups excluding carboxylic acids is 1. The van der Waals surface area contributed by atoms with Crippen LogP contribution in [0.25, 0.3) is 0 Å². The second-order valence-corrected chi connectivity index (χ2v) is 6.48. The van der Waals surface area contributed by atoms with Crippen molar-refractivity contribution in [1.82, 2.24) is 10.6 Å². The van der Waals surface area contributed by atoms with Crippen molar-refractivity contribution < 1.29 is 4.79 Å². The molecule has 0 saturated carbocycles. The molecule has 0 unspecified atom stereocenters. The van der Waals surface area contributed by atoms with E-state index in [4.69, 9.17) is 0 Å². The minimum Gasteiger partial charge on any atom is -0.356 e. The van der Waals surface area contributed by atoms with Crippen molar-refractivity contribution in [3.05, 3.63) is 0 Å². The molecule has 2 heterocycles. The van der Waals surface area contributed by atoms with Crippen molar-refractivity contribution in [2.45, 2.75) is 32.1 Å². The van der Waals surface area contributed by atoms with Crippen LogP contribution in [0, 0.1) is 11.8 Å². The molecule has 2 aliphatic rings. The van der Waals surface area contributed by atoms with Gasteiger partial charge in [0.15, 0.2) is 0 Å². The van der Waals surface area contributed by atoms with E-state index >= 15 is 0 Å². The Bertz CT molecular complexity index is 236. The van der Waals surface area contributed by atoms with Crippen molar-refractivity contribution in [2.75, 3.05) is 31.1 Å². The van der Waals surface area contributed by atoms with Gasteiger partial charge < -0.3 is 10.6 Å². The van der Waals surface area contributed by atoms with Gasteiger partial charge in [0.2, 0.25) is 5.91 Å². The quantitative estimate of drug-likeness (QED) is 0.803. The molecule has 2 rings (SSSR count). The zero-order chi connectivity index (χ0) is 11.9. The summed E-state index contributed by atoms with van der Waals surface area (Å²) in [6.45, 7) is 3.07. The van der Waals surface area contributed by atoms with Crippen molar-refractivity contribution >= 4 is 17.7 Å². The molecule has 98 valence electrons. The van der Waals surface area contributed by atoms with E-state index in [0.717, 1.165) is 44.8 Å². The smallest absolute Gasteiger partial charge is 0.220 e. The van der Waals surface area contributed by atoms with Gasteiger partial charge in [0, 0.05) is 13.0 Å². The summed E-state index contributed by atoms with van der Waals surface area (Å²) < 4.78 is 0. The third-order valence-corrected chi connectivity index (χ3v) is 4.91. The first-order chi connectivity index (χ1) is 8.34. The molecule has 2 aliphatic heterocycles. The molecule has 4 heteroatoms. The minimum atomic E-state index is 0.273. The van der Waals surface area contributed by atoms with E-state index in [1.54, 1.807) is 0 Å². The lowest BCUT2D eigenvalue weighted by molar-refractivity contribution is -0.122. The van der Waals surface area contributed by atoms with Gasteiger partial charge in [-0.15, -0.1) is 0 Å². The molecular weight excluding hydrogens is 232 g/mol. The summed E-state index contributed by atoms with van der Waals surface area (Å²) in [5, 5.41) is 6.47. The number of hydrogen-bond acceptors (Lipinski definition) is 3. The van der Waals surface area contributed by atoms with E-state index in [1.807, 2.05) is 11.8 Å². The second kappa shape index (κ2) is 7.27. The highest BCUT2D eigenvalue weighted by atomic mass is 32.2. The van der Waals surface area contributed by atoms with Gasteiger partial charge in [-0.25, -0.2) is 0 Å². The molecule has 0 bridgehead atoms. The molecule has 17 heavy (non-hydrogen) atoms. The highest BCUT2D eigenvalue weighted by Crippen LogP contribution is 2.22. The van der Waals surface area contributed by atoms with E-state index in [0.29, 0.717) is 5.92 Å². The maximum Gasteiger partial charge on any atom is 0.220 e. The summed E-state index contributed by atoms with van der Waals surface area (Å²) in [7, 11) is 0. The third-order valence-electron chi connectivity index (χ3n) is 3.86. The van der Waals surface area contributed by atoms with E-state index in [-0.39, 0.29) is 5.91 Å². The average Bonchev–Trinajstić information content (AvgIpc) is 2.39. The maximum atomic E-state index is 11.8. The zero-order valence-corrected chi connectivity index (χ0v) is 11.4. The molecule has 0 aliphatic carbocycles. The average molecular weight is 256 g/mol. The molecular formula is C13H24N2OS. The first-order valence-corrected chi connectivity index (χ1v) is 8.05. The van der Waals surface area contributed by atoms with Crippen molar-refractivity contribution in [3.63, 3.8) is 0 Å². The number of rotatable bonds is 4. The second-order valence-electron chi connectivity index (χ2n) is 5.26. The van der Waals surface area contributed by atoms with Crippen LogP contribution in [0.2, 0.25) is 0 Å². The van der Waals surface area contributed by atoms with E-state index < -0.39 is 0 Å². The number of carbonyl (C=O) groups is 1. The molecule has 2 N–H and O–H groups in total. The highest BCUT2D eigenvalue weighted by molar-refractivity contribution is 7.99. The van der Waals surface area contributed by atoms with Crippen LogP contribution in [0.1, 0.15) is 32.1 Å². The Morgan fingerprint density at radius 1 is 1.12 bits per heavy atom. The summed E-state index contributed by atoms with van der Waals surface area (Å²) in [5.41, 5.74) is 0. The molecule has 3 nitrogen and oxygen atoms in total. The number of amides is 1. The first-order valence-electron chi connectivity index (χ1n) is 6.90. The van der Waals surface area contributed by atoms with E-state index in [9.17, 15) is 4.79 Å². The molecule has 0 aromatic heterocycles. The molecule has 2 saturated heterocycles. The molecule has 1 amide bonds. The van der Waals surface area contributed by atoms with Crippen LogP contribution in [-0.2, 0) is 4.79 Å². The summed E-state index contributed by atoms with van der Waals surface area (Å²) in [5.74, 6) is 4.16. The lowest BCUT2D eigenvalue weighted by atomic mass is 9.94. The highest BCUT2D eigenvalue weighted by Gasteiger charge is 2.18. The van der Waals surface area contributed by atoms with Crippen LogP contribution >= 0.6 is 11.8 Å². The monoisotopic (exact) mass is 256 g/mol. The minimum absolute atomic E-state index is 0.273. The van der Waals surface area contributed by atoms with Crippen LogP contribution in [0.5, 0.6) is 0 Å². The normalized spacial score (nSPS) is 23.5. The summed E-state index contributed by atoms with van der Waals surface area (Å²) in [6, 6.07) is 0. The van der Waals surface area contributed by atoms with Gasteiger partial charge in [-0.2, -0.15) is 11.8 Å². The van der Waals surface area contributed by atoms with E-state index in [2.05, 4.69) is 10.6 Å². The lowest BCUT2D eigenvalue weighted by Gasteiger charge is -2.24. The molecule has 2 fully saturated rings. The summed E-state index contributed by atoms with van der Waals surface area (Å²) >= 11 is 2.04. The fraction of sp³-hybridized carbons (Fsp3) is 0.923. The van der Waals surface area contributed by atoms with Crippen molar-refractivity contribution in [3.8, 4) is 0 Å². The Hall–Kier alpha value is -0.220. The Labute approximate surface area is 108 Å². The van der Waals surface area contributed by atoms with Crippen LogP contribution in [-0.4, -0.2) is 37.0 Å². The Kier molecular flexibility index (Phi) is 5.65. The summed E-state index contributed by atoms with van der Waals surface area (Å²) in [4.78, 5) is 11.8. The molecule has 0 radical (unpaired) electrons. The fourth-order valence-corrected chi connectivity index (χ4v) is 3.83. The maximum absolute atomic E-state index is 11.8. The SMILES string of the molecule is O=C(CC1CCNCC1)NCC1CCSCC1. The predicted octanol–water partition coefficient (Wildman–Crippen LogP) is 1.64. The molecule has 0 aromatic carbocycles. The number of hydrogen-bond donors (Lipinski definition) is 2. The van der Waals surface area contributed by atoms with Gasteiger partial charge in [-0.3, -0.25) is 4.79 Å². The van der Waals surface area contributed by atoms with Gasteiger partial charge in [0.25, 0.3) is 0 Å². The van der Waals surface area contributed by atoms with Crippen molar-refractivity contribution in [2.24, 2.45) is 11.8 Å². The Morgan fingerprint density at radius 3 is 2.53 bits per heavy atom. The third kappa shape index (κ3) is 4.88. The van der Waals surface area contributed by atoms with Gasteiger partial charge in [-0.1, -0.05) is 0 Å². The topological polar surface area (TPSA) is 41.1 Å². The first kappa shape index (κ1) is 13.2. The zero-order valence-electron chi connectivity index (χ0n) is 10.5. The predicted molar refractivity (Wildman–Crippen MR) is 73.3 cm³/mol. The Morgan fingerprint density at radius 2 is 1.82 bits per heavy atom. The molecule has 0 atom stereocenters. The van der Waals surface area contributed by atoms with Crippen LogP contribution < -0.4 is 10.6 Å². The number of piperidine rings is 1. The standard InChI is InChI=1S/C13H24N2OS/c16-13(9-11-1-5-14-6-2-11)15-10-12-3-7-17-8-4-12/h11-12,14H,1-10H2,(H,15,16).